The summed E-state index contributed by atoms with van der Waals surface area (Å²) in [4.78, 5) is 29.2. The fourth-order valence-electron chi connectivity index (χ4n) is 3.56. The number of aromatic nitrogens is 1. The van der Waals surface area contributed by atoms with E-state index >= 15 is 0 Å². The molecule has 30 heavy (non-hydrogen) atoms. The summed E-state index contributed by atoms with van der Waals surface area (Å²) in [7, 11) is -5.52. The fourth-order valence-corrected chi connectivity index (χ4v) is 4.73. The highest BCUT2D eigenvalue weighted by atomic mass is 79.9. The monoisotopic (exact) mass is 503 g/mol. The highest BCUT2D eigenvalue weighted by molar-refractivity contribution is 9.10. The van der Waals surface area contributed by atoms with Gasteiger partial charge in [0, 0.05) is 16.9 Å². The van der Waals surface area contributed by atoms with E-state index in [-0.39, 0.29) is 11.6 Å². The Morgan fingerprint density at radius 2 is 1.87 bits per heavy atom. The number of sulfone groups is 1. The Hall–Kier alpha value is -2.47. The summed E-state index contributed by atoms with van der Waals surface area (Å²) in [5.74, 6) is -0.670. The number of carbonyl (C=O) groups is 2. The molecule has 3 amide bonds. The predicted octanol–water partition coefficient (Wildman–Crippen LogP) is 3.20. The molecule has 7 nitrogen and oxygen atoms in total. The summed E-state index contributed by atoms with van der Waals surface area (Å²) in [6.45, 7) is 0. The van der Waals surface area contributed by atoms with Crippen LogP contribution in [0.25, 0.3) is 0 Å². The van der Waals surface area contributed by atoms with Gasteiger partial charge in [0.2, 0.25) is 0 Å². The molecule has 4 rings (SSSR count). The zero-order valence-electron chi connectivity index (χ0n) is 15.0. The summed E-state index contributed by atoms with van der Waals surface area (Å²) in [5.41, 5.74) is -5.60. The molecular weight excluding hydrogens is 491 g/mol. The molecule has 1 N–H and O–H groups in total. The quantitative estimate of drug-likeness (QED) is 0.646. The van der Waals surface area contributed by atoms with Crippen molar-refractivity contribution in [1.29, 1.82) is 0 Å². The minimum absolute atomic E-state index is 0.00811. The number of pyridine rings is 1. The number of rotatable bonds is 4. The molecule has 2 heterocycles. The van der Waals surface area contributed by atoms with Gasteiger partial charge in [0.05, 0.1) is 10.6 Å². The lowest BCUT2D eigenvalue weighted by Gasteiger charge is -2.14. The van der Waals surface area contributed by atoms with Crippen LogP contribution in [0.1, 0.15) is 12.0 Å². The number of anilines is 1. The zero-order valence-corrected chi connectivity index (χ0v) is 17.4. The van der Waals surface area contributed by atoms with Crippen LogP contribution in [-0.4, -0.2) is 36.4 Å². The Morgan fingerprint density at radius 3 is 2.47 bits per heavy atom. The van der Waals surface area contributed by atoms with E-state index in [4.69, 9.17) is 0 Å². The van der Waals surface area contributed by atoms with Crippen LogP contribution in [0.4, 0.5) is 23.7 Å². The number of halogens is 4. The molecular formula is C18H13BrF3N3O4S. The van der Waals surface area contributed by atoms with E-state index < -0.39 is 37.7 Å². The molecule has 12 heteroatoms. The number of carbonyl (C=O) groups excluding carboxylic acids is 2. The highest BCUT2D eigenvalue weighted by Crippen LogP contribution is 2.50. The minimum atomic E-state index is -5.52. The van der Waals surface area contributed by atoms with Gasteiger partial charge in [-0.05, 0) is 70.6 Å². The van der Waals surface area contributed by atoms with Gasteiger partial charge in [-0.1, -0.05) is 0 Å². The number of alkyl halides is 3. The molecule has 2 aliphatic rings. The van der Waals surface area contributed by atoms with E-state index in [1.54, 1.807) is 18.5 Å². The van der Waals surface area contributed by atoms with E-state index in [9.17, 15) is 31.2 Å². The molecule has 1 saturated carbocycles. The number of benzene rings is 1. The van der Waals surface area contributed by atoms with Crippen molar-refractivity contribution >= 4 is 43.4 Å². The van der Waals surface area contributed by atoms with Gasteiger partial charge in [0.25, 0.3) is 15.7 Å². The molecule has 1 aliphatic carbocycles. The molecule has 1 aliphatic heterocycles. The average Bonchev–Trinajstić information content (AvgIpc) is 3.29. The summed E-state index contributed by atoms with van der Waals surface area (Å²) in [6.07, 6.45) is 4.18. The van der Waals surface area contributed by atoms with E-state index in [1.165, 1.54) is 0 Å². The lowest BCUT2D eigenvalue weighted by molar-refractivity contribution is -0.119. The normalized spacial score (nSPS) is 23.7. The van der Waals surface area contributed by atoms with E-state index in [0.717, 1.165) is 39.2 Å². The second kappa shape index (κ2) is 6.77. The Bertz CT molecular complexity index is 1150. The van der Waals surface area contributed by atoms with Gasteiger partial charge in [-0.2, -0.15) is 13.2 Å². The van der Waals surface area contributed by atoms with Crippen molar-refractivity contribution < 1.29 is 31.2 Å². The van der Waals surface area contributed by atoms with Crippen LogP contribution in [0.5, 0.6) is 0 Å². The third-order valence-corrected chi connectivity index (χ3v) is 7.47. The maximum absolute atomic E-state index is 12.9. The first kappa shape index (κ1) is 20.8. The van der Waals surface area contributed by atoms with Gasteiger partial charge in [0.1, 0.15) is 5.54 Å². The molecule has 1 spiro atoms. The molecule has 0 bridgehead atoms. The van der Waals surface area contributed by atoms with Gasteiger partial charge in [-0.3, -0.25) is 9.78 Å². The van der Waals surface area contributed by atoms with Crippen LogP contribution >= 0.6 is 15.9 Å². The lowest BCUT2D eigenvalue weighted by Crippen LogP contribution is -2.35. The van der Waals surface area contributed by atoms with Crippen molar-refractivity contribution in [3.8, 4) is 0 Å². The first-order valence-electron chi connectivity index (χ1n) is 8.64. The van der Waals surface area contributed by atoms with Crippen LogP contribution in [0.15, 0.2) is 52.1 Å². The Balaban J connectivity index is 1.55. The Morgan fingerprint density at radius 1 is 1.20 bits per heavy atom. The van der Waals surface area contributed by atoms with Gasteiger partial charge >= 0.3 is 11.5 Å². The standard InChI is InChI=1S/C18H13BrF3N3O4S/c19-14-9-23-6-5-10(14)7-11-8-17(11)15(26)25(16(27)24-17)12-1-3-13(4-2-12)30(28,29)18(20,21)22/h1-6,9,11H,7-8H2,(H,24,27). The molecule has 1 saturated heterocycles. The van der Waals surface area contributed by atoms with Crippen LogP contribution < -0.4 is 10.2 Å². The van der Waals surface area contributed by atoms with Gasteiger partial charge in [-0.15, -0.1) is 0 Å². The molecule has 158 valence electrons. The van der Waals surface area contributed by atoms with Gasteiger partial charge < -0.3 is 5.32 Å². The van der Waals surface area contributed by atoms with Crippen molar-refractivity contribution in [1.82, 2.24) is 10.3 Å². The Kier molecular flexibility index (Phi) is 4.69. The van der Waals surface area contributed by atoms with Crippen molar-refractivity contribution in [3.63, 3.8) is 0 Å². The van der Waals surface area contributed by atoms with Crippen LogP contribution in [0.3, 0.4) is 0 Å². The number of imide groups is 1. The van der Waals surface area contributed by atoms with Crippen molar-refractivity contribution in [2.45, 2.75) is 28.8 Å². The second-order valence-electron chi connectivity index (χ2n) is 7.06. The fraction of sp³-hybridized carbons (Fsp3) is 0.278. The predicted molar refractivity (Wildman–Crippen MR) is 102 cm³/mol. The minimum Gasteiger partial charge on any atom is -0.322 e. The maximum atomic E-state index is 12.9. The number of nitrogens with one attached hydrogen (secondary N) is 1. The summed E-state index contributed by atoms with van der Waals surface area (Å²) < 4.78 is 61.8. The van der Waals surface area contributed by atoms with E-state index in [0.29, 0.717) is 12.8 Å². The maximum Gasteiger partial charge on any atom is 0.501 e. The molecule has 0 radical (unpaired) electrons. The summed E-state index contributed by atoms with van der Waals surface area (Å²) >= 11 is 3.39. The molecule has 1 aromatic heterocycles. The number of urea groups is 1. The van der Waals surface area contributed by atoms with E-state index in [2.05, 4.69) is 26.2 Å². The molecule has 2 fully saturated rings. The zero-order chi connectivity index (χ0) is 21.9. The summed E-state index contributed by atoms with van der Waals surface area (Å²) in [6, 6.07) is 4.56. The van der Waals surface area contributed by atoms with Gasteiger partial charge in [-0.25, -0.2) is 18.1 Å². The SMILES string of the molecule is O=C1NC2(CC2Cc2ccncc2Br)C(=O)N1c1ccc(S(=O)(=O)C(F)(F)F)cc1. The second-order valence-corrected chi connectivity index (χ2v) is 9.85. The first-order valence-corrected chi connectivity index (χ1v) is 10.9. The van der Waals surface area contributed by atoms with Crippen LogP contribution in [0, 0.1) is 5.92 Å². The number of nitrogens with zero attached hydrogens (tertiary/aromatic N) is 2. The van der Waals surface area contributed by atoms with Crippen LogP contribution in [-0.2, 0) is 21.1 Å². The lowest BCUT2D eigenvalue weighted by atomic mass is 10.1. The van der Waals surface area contributed by atoms with Crippen molar-refractivity contribution in [3.05, 3.63) is 52.8 Å². The summed E-state index contributed by atoms with van der Waals surface area (Å²) in [5, 5.41) is 2.67. The topological polar surface area (TPSA) is 96.4 Å². The third kappa shape index (κ3) is 3.18. The Labute approximate surface area is 177 Å². The molecule has 2 atom stereocenters. The third-order valence-electron chi connectivity index (χ3n) is 5.26. The smallest absolute Gasteiger partial charge is 0.322 e. The number of hydrogen-bond acceptors (Lipinski definition) is 5. The van der Waals surface area contributed by atoms with Crippen molar-refractivity contribution in [2.24, 2.45) is 5.92 Å². The largest absolute Gasteiger partial charge is 0.501 e. The number of amides is 3. The molecule has 2 aromatic rings. The molecule has 2 unspecified atom stereocenters. The van der Waals surface area contributed by atoms with Gasteiger partial charge in [0.15, 0.2) is 0 Å². The van der Waals surface area contributed by atoms with Crippen molar-refractivity contribution in [2.75, 3.05) is 4.90 Å². The highest BCUT2D eigenvalue weighted by Gasteiger charge is 2.67. The molecule has 1 aromatic carbocycles. The first-order chi connectivity index (χ1) is 14.0. The average molecular weight is 504 g/mol. The van der Waals surface area contributed by atoms with E-state index in [1.807, 2.05) is 0 Å². The van der Waals surface area contributed by atoms with Crippen LogP contribution in [0.2, 0.25) is 0 Å². The number of hydrogen-bond donors (Lipinski definition) is 1.